The summed E-state index contributed by atoms with van der Waals surface area (Å²) in [5.74, 6) is 0.971. The monoisotopic (exact) mass is 234 g/mol. The minimum absolute atomic E-state index is 0.509. The highest BCUT2D eigenvalue weighted by Gasteiger charge is 2.56. The molecule has 1 heteroatoms. The Balaban J connectivity index is 2.01. The Morgan fingerprint density at radius 1 is 1.24 bits per heavy atom. The third kappa shape index (κ3) is 1.54. The van der Waals surface area contributed by atoms with Crippen LogP contribution >= 0.6 is 0 Å². The van der Waals surface area contributed by atoms with Gasteiger partial charge in [-0.05, 0) is 44.6 Å². The van der Waals surface area contributed by atoms with Crippen LogP contribution in [0.15, 0.2) is 11.1 Å². The fraction of sp³-hybridized carbons (Fsp3) is 0.875. The molecule has 96 valence electrons. The largest absolute Gasteiger partial charge is 0.317 e. The van der Waals surface area contributed by atoms with Gasteiger partial charge >= 0.3 is 0 Å². The van der Waals surface area contributed by atoms with Crippen molar-refractivity contribution in [3.05, 3.63) is 11.1 Å². The molecule has 3 atom stereocenters. The molecule has 0 amide bonds. The lowest BCUT2D eigenvalue weighted by atomic mass is 9.73. The SMILES string of the molecule is CC[C@H]1C[C@]2(C)C3=C(CCCC3)CC[N@@+]2(C)C1. The van der Waals surface area contributed by atoms with Gasteiger partial charge in [0.05, 0.1) is 20.1 Å². The van der Waals surface area contributed by atoms with Crippen LogP contribution in [0.2, 0.25) is 0 Å². The molecule has 1 saturated heterocycles. The summed E-state index contributed by atoms with van der Waals surface area (Å²) in [6, 6.07) is 0. The number of hydrogen-bond acceptors (Lipinski definition) is 0. The van der Waals surface area contributed by atoms with Gasteiger partial charge in [-0.2, -0.15) is 0 Å². The zero-order valence-corrected chi connectivity index (χ0v) is 11.9. The third-order valence-corrected chi connectivity index (χ3v) is 6.26. The summed E-state index contributed by atoms with van der Waals surface area (Å²) in [6.07, 6.45) is 9.97. The van der Waals surface area contributed by atoms with E-state index in [1.165, 1.54) is 62.5 Å². The average molecular weight is 234 g/mol. The highest BCUT2D eigenvalue weighted by Crippen LogP contribution is 2.52. The number of nitrogens with zero attached hydrogens (tertiary/aromatic N) is 1. The van der Waals surface area contributed by atoms with Gasteiger partial charge in [0, 0.05) is 18.8 Å². The predicted octanol–water partition coefficient (Wildman–Crippen LogP) is 3.90. The summed E-state index contributed by atoms with van der Waals surface area (Å²) in [4.78, 5) is 0. The summed E-state index contributed by atoms with van der Waals surface area (Å²) >= 11 is 0. The smallest absolute Gasteiger partial charge is 0.118 e. The van der Waals surface area contributed by atoms with E-state index in [-0.39, 0.29) is 0 Å². The first-order chi connectivity index (χ1) is 8.09. The average Bonchev–Trinajstić information content (AvgIpc) is 2.62. The molecular formula is C16H28N+. The molecule has 0 aromatic rings. The standard InChI is InChI=1S/C16H28N/c1-4-13-11-16(2)15-8-6-5-7-14(15)9-10-17(16,3)12-13/h13H,4-12H2,1-3H3/q+1/t13-,16+,17-/m0/s1. The first-order valence-electron chi connectivity index (χ1n) is 7.65. The van der Waals surface area contributed by atoms with Crippen molar-refractivity contribution in [2.45, 2.75) is 64.3 Å². The Kier molecular flexibility index (Phi) is 2.66. The lowest BCUT2D eigenvalue weighted by molar-refractivity contribution is -0.942. The molecule has 1 fully saturated rings. The lowest BCUT2D eigenvalue weighted by Gasteiger charge is -2.51. The molecule has 0 N–H and O–H groups in total. The summed E-state index contributed by atoms with van der Waals surface area (Å²) in [5, 5.41) is 0. The van der Waals surface area contributed by atoms with Gasteiger partial charge in [-0.25, -0.2) is 0 Å². The van der Waals surface area contributed by atoms with E-state index in [1.54, 1.807) is 0 Å². The van der Waals surface area contributed by atoms with E-state index in [1.807, 2.05) is 11.1 Å². The topological polar surface area (TPSA) is 0 Å². The fourth-order valence-electron chi connectivity index (χ4n) is 4.95. The van der Waals surface area contributed by atoms with E-state index in [0.717, 1.165) is 5.92 Å². The maximum atomic E-state index is 2.59. The maximum Gasteiger partial charge on any atom is 0.118 e. The van der Waals surface area contributed by atoms with Gasteiger partial charge in [-0.3, -0.25) is 0 Å². The van der Waals surface area contributed by atoms with Crippen molar-refractivity contribution in [3.8, 4) is 0 Å². The minimum Gasteiger partial charge on any atom is -0.317 e. The molecule has 0 bridgehead atoms. The van der Waals surface area contributed by atoms with Crippen LogP contribution in [-0.2, 0) is 0 Å². The molecule has 0 unspecified atom stereocenters. The van der Waals surface area contributed by atoms with Crippen molar-refractivity contribution in [1.82, 2.24) is 0 Å². The van der Waals surface area contributed by atoms with Crippen molar-refractivity contribution >= 4 is 0 Å². The number of hydrogen-bond donors (Lipinski definition) is 0. The van der Waals surface area contributed by atoms with Crippen LogP contribution in [-0.4, -0.2) is 30.2 Å². The lowest BCUT2D eigenvalue weighted by Crippen LogP contribution is -2.60. The highest BCUT2D eigenvalue weighted by atomic mass is 15.4. The second-order valence-corrected chi connectivity index (χ2v) is 7.09. The Labute approximate surface area is 106 Å². The molecule has 0 saturated carbocycles. The van der Waals surface area contributed by atoms with Gasteiger partial charge in [0.1, 0.15) is 5.54 Å². The Morgan fingerprint density at radius 2 is 2.00 bits per heavy atom. The number of likely N-dealkylation sites (N-methyl/N-ethyl adjacent to an activating group) is 1. The number of fused-ring (bicyclic) bond motifs is 2. The quantitative estimate of drug-likeness (QED) is 0.477. The molecule has 0 spiro atoms. The van der Waals surface area contributed by atoms with Gasteiger partial charge in [0.25, 0.3) is 0 Å². The molecule has 2 heterocycles. The van der Waals surface area contributed by atoms with E-state index in [4.69, 9.17) is 0 Å². The third-order valence-electron chi connectivity index (χ3n) is 6.26. The Morgan fingerprint density at radius 3 is 2.76 bits per heavy atom. The second-order valence-electron chi connectivity index (χ2n) is 7.09. The first-order valence-corrected chi connectivity index (χ1v) is 7.65. The zero-order chi connectivity index (χ0) is 12.1. The van der Waals surface area contributed by atoms with E-state index < -0.39 is 0 Å². The van der Waals surface area contributed by atoms with Crippen LogP contribution in [0.4, 0.5) is 0 Å². The van der Waals surface area contributed by atoms with E-state index >= 15 is 0 Å². The summed E-state index contributed by atoms with van der Waals surface area (Å²) in [6.45, 7) is 7.81. The van der Waals surface area contributed by atoms with Crippen molar-refractivity contribution < 1.29 is 4.48 Å². The van der Waals surface area contributed by atoms with Crippen molar-refractivity contribution in [1.29, 1.82) is 0 Å². The molecule has 2 aliphatic heterocycles. The van der Waals surface area contributed by atoms with Crippen molar-refractivity contribution in [2.75, 3.05) is 20.1 Å². The molecule has 0 aromatic carbocycles. The van der Waals surface area contributed by atoms with Crippen LogP contribution < -0.4 is 0 Å². The summed E-state index contributed by atoms with van der Waals surface area (Å²) in [7, 11) is 2.54. The molecule has 1 aliphatic carbocycles. The number of rotatable bonds is 1. The van der Waals surface area contributed by atoms with Crippen LogP contribution in [0.3, 0.4) is 0 Å². The van der Waals surface area contributed by atoms with Gasteiger partial charge in [-0.15, -0.1) is 0 Å². The van der Waals surface area contributed by atoms with E-state index in [2.05, 4.69) is 20.9 Å². The molecule has 1 nitrogen and oxygen atoms in total. The van der Waals surface area contributed by atoms with Crippen LogP contribution in [0, 0.1) is 5.92 Å². The second kappa shape index (κ2) is 3.85. The van der Waals surface area contributed by atoms with Gasteiger partial charge < -0.3 is 4.48 Å². The molecule has 0 radical (unpaired) electrons. The van der Waals surface area contributed by atoms with Crippen LogP contribution in [0.5, 0.6) is 0 Å². The van der Waals surface area contributed by atoms with Crippen molar-refractivity contribution in [3.63, 3.8) is 0 Å². The molecule has 3 aliphatic rings. The van der Waals surface area contributed by atoms with E-state index in [9.17, 15) is 0 Å². The van der Waals surface area contributed by atoms with Crippen LogP contribution in [0.25, 0.3) is 0 Å². The Hall–Kier alpha value is -0.300. The summed E-state index contributed by atoms with van der Waals surface area (Å²) in [5.41, 5.74) is 4.27. The minimum atomic E-state index is 0.509. The molecule has 3 rings (SSSR count). The van der Waals surface area contributed by atoms with Gasteiger partial charge in [0.15, 0.2) is 0 Å². The first kappa shape index (κ1) is 11.8. The normalized spacial score (nSPS) is 45.7. The fourth-order valence-corrected chi connectivity index (χ4v) is 4.95. The van der Waals surface area contributed by atoms with Gasteiger partial charge in [0.2, 0.25) is 0 Å². The maximum absolute atomic E-state index is 2.59. The van der Waals surface area contributed by atoms with Gasteiger partial charge in [-0.1, -0.05) is 12.5 Å². The summed E-state index contributed by atoms with van der Waals surface area (Å²) < 4.78 is 1.35. The molecule has 0 aromatic heterocycles. The molecule has 17 heavy (non-hydrogen) atoms. The van der Waals surface area contributed by atoms with Crippen molar-refractivity contribution in [2.24, 2.45) is 5.92 Å². The number of quaternary nitrogens is 1. The predicted molar refractivity (Wildman–Crippen MR) is 72.8 cm³/mol. The molecular weight excluding hydrogens is 206 g/mol. The Bertz CT molecular complexity index is 357. The van der Waals surface area contributed by atoms with Crippen LogP contribution in [0.1, 0.15) is 58.8 Å². The van der Waals surface area contributed by atoms with E-state index in [0.29, 0.717) is 5.54 Å². The highest BCUT2D eigenvalue weighted by molar-refractivity contribution is 5.29. The zero-order valence-electron chi connectivity index (χ0n) is 11.9.